The fraction of sp³-hybridized carbons (Fsp3) is 0.650. The first-order chi connectivity index (χ1) is 12.9. The van der Waals surface area contributed by atoms with Gasteiger partial charge in [0.05, 0.1) is 6.54 Å². The van der Waals surface area contributed by atoms with Crippen LogP contribution in [0.2, 0.25) is 0 Å². The van der Waals surface area contributed by atoms with Crippen LogP contribution >= 0.6 is 0 Å². The van der Waals surface area contributed by atoms with Gasteiger partial charge in [0, 0.05) is 56.3 Å². The highest BCUT2D eigenvalue weighted by Crippen LogP contribution is 2.35. The molecular formula is C20H29N3O4. The van der Waals surface area contributed by atoms with Crippen molar-refractivity contribution in [3.05, 3.63) is 34.2 Å². The van der Waals surface area contributed by atoms with Crippen LogP contribution in [0.25, 0.3) is 0 Å². The van der Waals surface area contributed by atoms with Crippen molar-refractivity contribution in [1.29, 1.82) is 0 Å². The molecule has 1 spiro atoms. The molecule has 2 fully saturated rings. The van der Waals surface area contributed by atoms with Crippen molar-refractivity contribution in [1.82, 2.24) is 14.4 Å². The van der Waals surface area contributed by atoms with Crippen LogP contribution in [0.5, 0.6) is 0 Å². The number of amides is 2. The topological polar surface area (TPSA) is 71.8 Å². The number of carbonyl (C=O) groups excluding carboxylic acids is 2. The number of rotatable bonds is 5. The van der Waals surface area contributed by atoms with Crippen molar-refractivity contribution in [2.45, 2.75) is 64.6 Å². The molecule has 0 bridgehead atoms. The van der Waals surface area contributed by atoms with Gasteiger partial charge in [-0.2, -0.15) is 0 Å². The van der Waals surface area contributed by atoms with Gasteiger partial charge in [-0.3, -0.25) is 9.59 Å². The standard InChI is InChI=1S/C20H29N3O4/c1-4-6-15(3)23-14-20(27-19(23)26)8-11-22(12-9-20)18(25)16-7-10-21(5-2)17(24)13-16/h7,10,13,15H,4-6,8-9,11-12,14H2,1-3H3/t15-/m1/s1. The minimum atomic E-state index is -0.485. The predicted molar refractivity (Wildman–Crippen MR) is 102 cm³/mol. The molecule has 148 valence electrons. The van der Waals surface area contributed by atoms with Crippen molar-refractivity contribution < 1.29 is 14.3 Å². The number of nitrogens with zero attached hydrogens (tertiary/aromatic N) is 3. The molecule has 2 amide bonds. The summed E-state index contributed by atoms with van der Waals surface area (Å²) in [5, 5.41) is 0. The molecule has 3 heterocycles. The maximum atomic E-state index is 12.7. The molecule has 0 N–H and O–H groups in total. The number of hydrogen-bond acceptors (Lipinski definition) is 4. The van der Waals surface area contributed by atoms with Gasteiger partial charge in [0.15, 0.2) is 0 Å². The number of likely N-dealkylation sites (tertiary alicyclic amines) is 1. The molecule has 2 aliphatic rings. The van der Waals surface area contributed by atoms with Crippen LogP contribution in [0.1, 0.15) is 56.8 Å². The summed E-state index contributed by atoms with van der Waals surface area (Å²) in [6.07, 6.45) is 4.67. The monoisotopic (exact) mass is 375 g/mol. The lowest BCUT2D eigenvalue weighted by Gasteiger charge is -2.37. The second-order valence-electron chi connectivity index (χ2n) is 7.65. The minimum Gasteiger partial charge on any atom is -0.441 e. The Kier molecular flexibility index (Phi) is 5.58. The summed E-state index contributed by atoms with van der Waals surface area (Å²) < 4.78 is 7.31. The van der Waals surface area contributed by atoms with E-state index in [9.17, 15) is 14.4 Å². The van der Waals surface area contributed by atoms with Crippen molar-refractivity contribution in [2.75, 3.05) is 19.6 Å². The summed E-state index contributed by atoms with van der Waals surface area (Å²) in [6, 6.07) is 3.27. The first-order valence-electron chi connectivity index (χ1n) is 9.88. The smallest absolute Gasteiger partial charge is 0.410 e. The van der Waals surface area contributed by atoms with E-state index in [0.717, 1.165) is 12.8 Å². The highest BCUT2D eigenvalue weighted by atomic mass is 16.6. The first-order valence-corrected chi connectivity index (χ1v) is 9.88. The molecule has 1 aromatic rings. The number of aryl methyl sites for hydroxylation is 1. The molecular weight excluding hydrogens is 346 g/mol. The van der Waals surface area contributed by atoms with Gasteiger partial charge in [-0.15, -0.1) is 0 Å². The van der Waals surface area contributed by atoms with Crippen molar-refractivity contribution in [3.63, 3.8) is 0 Å². The maximum absolute atomic E-state index is 12.7. The highest BCUT2D eigenvalue weighted by Gasteiger charge is 2.48. The number of hydrogen-bond donors (Lipinski definition) is 0. The Morgan fingerprint density at radius 2 is 1.96 bits per heavy atom. The lowest BCUT2D eigenvalue weighted by Crippen LogP contribution is -2.49. The molecule has 2 saturated heterocycles. The highest BCUT2D eigenvalue weighted by molar-refractivity contribution is 5.94. The number of pyridine rings is 1. The SMILES string of the molecule is CCC[C@@H](C)N1CC2(CCN(C(=O)c3ccn(CC)c(=O)c3)CC2)OC1=O. The van der Waals surface area contributed by atoms with Crippen molar-refractivity contribution in [2.24, 2.45) is 0 Å². The van der Waals surface area contributed by atoms with Crippen LogP contribution < -0.4 is 5.56 Å². The van der Waals surface area contributed by atoms with Gasteiger partial charge >= 0.3 is 6.09 Å². The van der Waals surface area contributed by atoms with Crippen LogP contribution in [0, 0.1) is 0 Å². The van der Waals surface area contributed by atoms with E-state index in [1.54, 1.807) is 21.7 Å². The van der Waals surface area contributed by atoms with Gasteiger partial charge in [-0.1, -0.05) is 13.3 Å². The van der Waals surface area contributed by atoms with Crippen LogP contribution in [0.15, 0.2) is 23.1 Å². The molecule has 7 nitrogen and oxygen atoms in total. The zero-order chi connectivity index (χ0) is 19.6. The van der Waals surface area contributed by atoms with Crippen LogP contribution in [0.3, 0.4) is 0 Å². The first kappa shape index (κ1) is 19.5. The van der Waals surface area contributed by atoms with E-state index in [0.29, 0.717) is 44.6 Å². The van der Waals surface area contributed by atoms with Gasteiger partial charge in [-0.25, -0.2) is 4.79 Å². The Hall–Kier alpha value is -2.31. The minimum absolute atomic E-state index is 0.134. The summed E-state index contributed by atoms with van der Waals surface area (Å²) in [7, 11) is 0. The lowest BCUT2D eigenvalue weighted by atomic mass is 9.90. The second-order valence-corrected chi connectivity index (χ2v) is 7.65. The van der Waals surface area contributed by atoms with Crippen molar-refractivity contribution >= 4 is 12.0 Å². The second kappa shape index (κ2) is 7.74. The van der Waals surface area contributed by atoms with Gasteiger partial charge in [0.2, 0.25) is 0 Å². The summed E-state index contributed by atoms with van der Waals surface area (Å²) in [5.41, 5.74) is -0.231. The molecule has 3 rings (SSSR count). The molecule has 0 aliphatic carbocycles. The Labute approximate surface area is 159 Å². The van der Waals surface area contributed by atoms with Gasteiger partial charge in [0.25, 0.3) is 11.5 Å². The average molecular weight is 375 g/mol. The van der Waals surface area contributed by atoms with E-state index in [4.69, 9.17) is 4.74 Å². The largest absolute Gasteiger partial charge is 0.441 e. The summed E-state index contributed by atoms with van der Waals surface area (Å²) in [6.45, 7) is 8.29. The van der Waals surface area contributed by atoms with E-state index < -0.39 is 5.60 Å². The van der Waals surface area contributed by atoms with E-state index in [1.807, 2.05) is 11.8 Å². The molecule has 27 heavy (non-hydrogen) atoms. The molecule has 2 aliphatic heterocycles. The van der Waals surface area contributed by atoms with Gasteiger partial charge < -0.3 is 19.1 Å². The summed E-state index contributed by atoms with van der Waals surface area (Å²) in [4.78, 5) is 40.6. The number of aromatic nitrogens is 1. The van der Waals surface area contributed by atoms with Crippen LogP contribution in [0.4, 0.5) is 4.79 Å². The number of piperidine rings is 1. The maximum Gasteiger partial charge on any atom is 0.410 e. The molecule has 0 radical (unpaired) electrons. The third-order valence-electron chi connectivity index (χ3n) is 5.78. The summed E-state index contributed by atoms with van der Waals surface area (Å²) >= 11 is 0. The Morgan fingerprint density at radius 3 is 2.56 bits per heavy atom. The van der Waals surface area contributed by atoms with Gasteiger partial charge in [0.1, 0.15) is 5.60 Å². The lowest BCUT2D eigenvalue weighted by molar-refractivity contribution is 0.00305. The number of carbonyl (C=O) groups is 2. The Balaban J connectivity index is 1.63. The predicted octanol–water partition coefficient (Wildman–Crippen LogP) is 2.48. The molecule has 7 heteroatoms. The fourth-order valence-corrected chi connectivity index (χ4v) is 4.02. The molecule has 1 aromatic heterocycles. The van der Waals surface area contributed by atoms with Gasteiger partial charge in [-0.05, 0) is 26.3 Å². The third-order valence-corrected chi connectivity index (χ3v) is 5.78. The average Bonchev–Trinajstić information content (AvgIpc) is 2.98. The van der Waals surface area contributed by atoms with Crippen LogP contribution in [-0.4, -0.2) is 57.6 Å². The Morgan fingerprint density at radius 1 is 1.26 bits per heavy atom. The Bertz CT molecular complexity index is 765. The quantitative estimate of drug-likeness (QED) is 0.793. The van der Waals surface area contributed by atoms with Crippen molar-refractivity contribution in [3.8, 4) is 0 Å². The molecule has 0 unspecified atom stereocenters. The number of ether oxygens (including phenoxy) is 1. The van der Waals surface area contributed by atoms with Crippen LogP contribution in [-0.2, 0) is 11.3 Å². The van der Waals surface area contributed by atoms with E-state index in [-0.39, 0.29) is 23.6 Å². The third kappa shape index (κ3) is 3.87. The fourth-order valence-electron chi connectivity index (χ4n) is 4.02. The van der Waals surface area contributed by atoms with E-state index in [1.165, 1.54) is 6.07 Å². The molecule has 0 aromatic carbocycles. The zero-order valence-electron chi connectivity index (χ0n) is 16.4. The normalized spacial score (nSPS) is 20.0. The van der Waals surface area contributed by atoms with E-state index >= 15 is 0 Å². The van der Waals surface area contributed by atoms with E-state index in [2.05, 4.69) is 13.8 Å². The zero-order valence-corrected chi connectivity index (χ0v) is 16.4. The molecule has 0 saturated carbocycles. The molecule has 1 atom stereocenters. The summed E-state index contributed by atoms with van der Waals surface area (Å²) in [5.74, 6) is -0.134.